The van der Waals surface area contributed by atoms with Crippen LogP contribution < -0.4 is 5.32 Å². The number of amides is 1. The van der Waals surface area contributed by atoms with Crippen molar-refractivity contribution in [3.8, 4) is 0 Å². The summed E-state index contributed by atoms with van der Waals surface area (Å²) < 4.78 is 5.42. The number of hydrogen-bond donors (Lipinski definition) is 1. The molecule has 0 saturated carbocycles. The summed E-state index contributed by atoms with van der Waals surface area (Å²) in [6.45, 7) is 1.27. The summed E-state index contributed by atoms with van der Waals surface area (Å²) >= 11 is 11.9. The summed E-state index contributed by atoms with van der Waals surface area (Å²) in [5, 5.41) is 3.52. The predicted octanol–water partition coefficient (Wildman–Crippen LogP) is 2.90. The van der Waals surface area contributed by atoms with Gasteiger partial charge in [0.1, 0.15) is 0 Å². The third-order valence-corrected chi connectivity index (χ3v) is 3.33. The molecular weight excluding hydrogens is 261 g/mol. The first-order valence-electron chi connectivity index (χ1n) is 5.52. The van der Waals surface area contributed by atoms with E-state index in [1.165, 1.54) is 0 Å². The van der Waals surface area contributed by atoms with Crippen molar-refractivity contribution in [1.82, 2.24) is 5.32 Å². The normalized spacial score (nSPS) is 19.3. The molecule has 1 aliphatic heterocycles. The van der Waals surface area contributed by atoms with Crippen LogP contribution in [0.2, 0.25) is 10.0 Å². The molecule has 0 aromatic heterocycles. The van der Waals surface area contributed by atoms with Crippen LogP contribution in [0.1, 0.15) is 23.2 Å². The summed E-state index contributed by atoms with van der Waals surface area (Å²) in [7, 11) is 0. The maximum Gasteiger partial charge on any atom is 0.254 e. The van der Waals surface area contributed by atoms with E-state index in [0.29, 0.717) is 22.2 Å². The number of rotatable bonds is 3. The Morgan fingerprint density at radius 3 is 2.71 bits per heavy atom. The molecule has 2 rings (SSSR count). The molecule has 5 heteroatoms. The summed E-state index contributed by atoms with van der Waals surface area (Å²) in [6.07, 6.45) is 2.14. The third-order valence-electron chi connectivity index (χ3n) is 2.70. The number of benzene rings is 1. The number of halogens is 2. The van der Waals surface area contributed by atoms with E-state index in [4.69, 9.17) is 27.9 Å². The first kappa shape index (κ1) is 12.7. The zero-order chi connectivity index (χ0) is 12.3. The molecule has 17 heavy (non-hydrogen) atoms. The predicted molar refractivity (Wildman–Crippen MR) is 67.8 cm³/mol. The molecule has 0 unspecified atom stereocenters. The van der Waals surface area contributed by atoms with E-state index < -0.39 is 0 Å². The Balaban J connectivity index is 1.99. The molecule has 1 atom stereocenters. The molecule has 1 aromatic carbocycles. The van der Waals surface area contributed by atoms with Gasteiger partial charge in [-0.05, 0) is 25.0 Å². The molecule has 1 aliphatic rings. The fraction of sp³-hybridized carbons (Fsp3) is 0.417. The van der Waals surface area contributed by atoms with E-state index >= 15 is 0 Å². The van der Waals surface area contributed by atoms with E-state index in [-0.39, 0.29) is 12.0 Å². The van der Waals surface area contributed by atoms with Gasteiger partial charge < -0.3 is 10.1 Å². The van der Waals surface area contributed by atoms with Crippen LogP contribution in [0, 0.1) is 0 Å². The SMILES string of the molecule is O=C(NC[C@@H]1CCCO1)c1c(Cl)cccc1Cl. The van der Waals surface area contributed by atoms with Gasteiger partial charge in [-0.25, -0.2) is 0 Å². The first-order valence-corrected chi connectivity index (χ1v) is 6.28. The molecule has 1 fully saturated rings. The van der Waals surface area contributed by atoms with Gasteiger partial charge in [-0.3, -0.25) is 4.79 Å². The lowest BCUT2D eigenvalue weighted by Gasteiger charge is -2.12. The van der Waals surface area contributed by atoms with Crippen molar-refractivity contribution >= 4 is 29.1 Å². The van der Waals surface area contributed by atoms with Crippen LogP contribution in [0.3, 0.4) is 0 Å². The molecule has 0 bridgehead atoms. The van der Waals surface area contributed by atoms with Crippen LogP contribution in [0.5, 0.6) is 0 Å². The average molecular weight is 274 g/mol. The van der Waals surface area contributed by atoms with E-state index in [1.54, 1.807) is 18.2 Å². The highest BCUT2D eigenvalue weighted by Gasteiger charge is 2.19. The third kappa shape index (κ3) is 3.12. The van der Waals surface area contributed by atoms with Crippen molar-refractivity contribution in [2.24, 2.45) is 0 Å². The monoisotopic (exact) mass is 273 g/mol. The lowest BCUT2D eigenvalue weighted by atomic mass is 10.2. The van der Waals surface area contributed by atoms with Crippen molar-refractivity contribution in [1.29, 1.82) is 0 Å². The molecule has 1 saturated heterocycles. The minimum atomic E-state index is -0.254. The van der Waals surface area contributed by atoms with Crippen LogP contribution in [0.25, 0.3) is 0 Å². The molecule has 92 valence electrons. The zero-order valence-electron chi connectivity index (χ0n) is 9.21. The van der Waals surface area contributed by atoms with Gasteiger partial charge in [0.05, 0.1) is 21.7 Å². The molecule has 1 heterocycles. The molecule has 0 spiro atoms. The van der Waals surface area contributed by atoms with Crippen LogP contribution >= 0.6 is 23.2 Å². The largest absolute Gasteiger partial charge is 0.376 e. The van der Waals surface area contributed by atoms with Gasteiger partial charge in [0.2, 0.25) is 0 Å². The lowest BCUT2D eigenvalue weighted by Crippen LogP contribution is -2.32. The van der Waals surface area contributed by atoms with Crippen molar-refractivity contribution in [3.63, 3.8) is 0 Å². The smallest absolute Gasteiger partial charge is 0.254 e. The summed E-state index contributed by atoms with van der Waals surface area (Å²) in [6, 6.07) is 5.00. The minimum absolute atomic E-state index is 0.111. The topological polar surface area (TPSA) is 38.3 Å². The molecule has 1 aromatic rings. The van der Waals surface area contributed by atoms with Crippen molar-refractivity contribution < 1.29 is 9.53 Å². The van der Waals surface area contributed by atoms with Gasteiger partial charge in [-0.1, -0.05) is 29.3 Å². The number of carbonyl (C=O) groups is 1. The Kier molecular flexibility index (Phi) is 4.26. The van der Waals surface area contributed by atoms with Gasteiger partial charge in [-0.2, -0.15) is 0 Å². The Bertz CT molecular complexity index is 397. The molecule has 0 aliphatic carbocycles. The summed E-state index contributed by atoms with van der Waals surface area (Å²) in [5.74, 6) is -0.254. The second-order valence-electron chi connectivity index (χ2n) is 3.94. The van der Waals surface area contributed by atoms with Gasteiger partial charge in [0.15, 0.2) is 0 Å². The van der Waals surface area contributed by atoms with E-state index in [2.05, 4.69) is 5.32 Å². The Labute approximate surface area is 110 Å². The highest BCUT2D eigenvalue weighted by Crippen LogP contribution is 2.24. The van der Waals surface area contributed by atoms with Gasteiger partial charge in [0, 0.05) is 13.2 Å². The summed E-state index contributed by atoms with van der Waals surface area (Å²) in [4.78, 5) is 11.9. The molecule has 1 amide bonds. The first-order chi connectivity index (χ1) is 8.18. The molecule has 1 N–H and O–H groups in total. The second-order valence-corrected chi connectivity index (χ2v) is 4.76. The van der Waals surface area contributed by atoms with E-state index in [1.807, 2.05) is 0 Å². The highest BCUT2D eigenvalue weighted by atomic mass is 35.5. The van der Waals surface area contributed by atoms with Crippen molar-refractivity contribution in [2.45, 2.75) is 18.9 Å². The van der Waals surface area contributed by atoms with Crippen molar-refractivity contribution in [2.75, 3.05) is 13.2 Å². The minimum Gasteiger partial charge on any atom is -0.376 e. The molecular formula is C12H13Cl2NO2. The highest BCUT2D eigenvalue weighted by molar-refractivity contribution is 6.39. The van der Waals surface area contributed by atoms with Gasteiger partial charge >= 0.3 is 0 Å². The van der Waals surface area contributed by atoms with E-state index in [9.17, 15) is 4.79 Å². The van der Waals surface area contributed by atoms with Crippen LogP contribution in [-0.4, -0.2) is 25.2 Å². The quantitative estimate of drug-likeness (QED) is 0.920. The second kappa shape index (κ2) is 5.71. The maximum absolute atomic E-state index is 11.9. The van der Waals surface area contributed by atoms with Gasteiger partial charge in [0.25, 0.3) is 5.91 Å². The Morgan fingerprint density at radius 1 is 1.41 bits per heavy atom. The van der Waals surface area contributed by atoms with Gasteiger partial charge in [-0.15, -0.1) is 0 Å². The standard InChI is InChI=1S/C12H13Cl2NO2/c13-9-4-1-5-10(14)11(9)12(16)15-7-8-3-2-6-17-8/h1,4-5,8H,2-3,6-7H2,(H,15,16)/t8-/m0/s1. The number of hydrogen-bond acceptors (Lipinski definition) is 2. The average Bonchev–Trinajstić information content (AvgIpc) is 2.79. The number of nitrogens with one attached hydrogen (secondary N) is 1. The lowest BCUT2D eigenvalue weighted by molar-refractivity contribution is 0.0858. The van der Waals surface area contributed by atoms with Crippen LogP contribution in [0.15, 0.2) is 18.2 Å². The number of ether oxygens (including phenoxy) is 1. The maximum atomic E-state index is 11.9. The summed E-state index contributed by atoms with van der Waals surface area (Å²) in [5.41, 5.74) is 0.328. The zero-order valence-corrected chi connectivity index (χ0v) is 10.7. The van der Waals surface area contributed by atoms with Crippen LogP contribution in [0.4, 0.5) is 0 Å². The molecule has 3 nitrogen and oxygen atoms in total. The fourth-order valence-corrected chi connectivity index (χ4v) is 2.38. The van der Waals surface area contributed by atoms with E-state index in [0.717, 1.165) is 19.4 Å². The van der Waals surface area contributed by atoms with Crippen molar-refractivity contribution in [3.05, 3.63) is 33.8 Å². The fourth-order valence-electron chi connectivity index (χ4n) is 1.81. The molecule has 0 radical (unpaired) electrons. The Morgan fingerprint density at radius 2 is 2.12 bits per heavy atom. The Hall–Kier alpha value is -0.770. The van der Waals surface area contributed by atoms with Crippen LogP contribution in [-0.2, 0) is 4.74 Å². The number of carbonyl (C=O) groups excluding carboxylic acids is 1.